The average Bonchev–Trinajstić information content (AvgIpc) is 2.76. The fourth-order valence-electron chi connectivity index (χ4n) is 1.70. The van der Waals surface area contributed by atoms with E-state index in [0.717, 1.165) is 9.35 Å². The SMILES string of the molecule is Cc1cnn(C(c2ccc(Br)s2)C(C)N)c1. The van der Waals surface area contributed by atoms with Crippen molar-refractivity contribution >= 4 is 27.3 Å². The predicted octanol–water partition coefficient (Wildman–Crippen LogP) is 2.95. The van der Waals surface area contributed by atoms with Crippen molar-refractivity contribution in [2.24, 2.45) is 5.73 Å². The second kappa shape index (κ2) is 4.69. The maximum atomic E-state index is 6.05. The van der Waals surface area contributed by atoms with E-state index in [9.17, 15) is 0 Å². The van der Waals surface area contributed by atoms with Crippen LogP contribution < -0.4 is 5.73 Å². The third kappa shape index (κ3) is 2.36. The second-order valence-electron chi connectivity index (χ2n) is 3.94. The summed E-state index contributed by atoms with van der Waals surface area (Å²) in [7, 11) is 0. The summed E-state index contributed by atoms with van der Waals surface area (Å²) in [6.45, 7) is 4.04. The van der Waals surface area contributed by atoms with Gasteiger partial charge in [0.05, 0.1) is 9.98 Å². The van der Waals surface area contributed by atoms with Crippen molar-refractivity contribution in [3.63, 3.8) is 0 Å². The Balaban J connectivity index is 2.38. The van der Waals surface area contributed by atoms with Gasteiger partial charge in [0.1, 0.15) is 6.04 Å². The van der Waals surface area contributed by atoms with Crippen molar-refractivity contribution in [2.75, 3.05) is 0 Å². The molecule has 2 unspecified atom stereocenters. The molecule has 5 heteroatoms. The highest BCUT2D eigenvalue weighted by Gasteiger charge is 2.20. The van der Waals surface area contributed by atoms with Gasteiger partial charge in [0, 0.05) is 17.1 Å². The van der Waals surface area contributed by atoms with Crippen molar-refractivity contribution < 1.29 is 0 Å². The predicted molar refractivity (Wildman–Crippen MR) is 70.8 cm³/mol. The Labute approximate surface area is 107 Å². The normalized spacial score (nSPS) is 15.0. The van der Waals surface area contributed by atoms with Gasteiger partial charge in [-0.15, -0.1) is 11.3 Å². The summed E-state index contributed by atoms with van der Waals surface area (Å²) in [6.07, 6.45) is 3.89. The second-order valence-corrected chi connectivity index (χ2v) is 6.44. The molecule has 0 spiro atoms. The number of aryl methyl sites for hydroxylation is 1. The van der Waals surface area contributed by atoms with Gasteiger partial charge < -0.3 is 5.73 Å². The van der Waals surface area contributed by atoms with E-state index in [1.807, 2.05) is 37.0 Å². The Bertz CT molecular complexity index is 435. The molecule has 3 nitrogen and oxygen atoms in total. The molecular weight excluding hydrogens is 286 g/mol. The lowest BCUT2D eigenvalue weighted by atomic mass is 10.1. The molecular formula is C11H14BrN3S. The van der Waals surface area contributed by atoms with Gasteiger partial charge in [0.2, 0.25) is 0 Å². The monoisotopic (exact) mass is 299 g/mol. The van der Waals surface area contributed by atoms with E-state index in [2.05, 4.69) is 27.1 Å². The first-order valence-corrected chi connectivity index (χ1v) is 6.70. The highest BCUT2D eigenvalue weighted by Crippen LogP contribution is 2.30. The molecule has 16 heavy (non-hydrogen) atoms. The number of nitrogens with two attached hydrogens (primary N) is 1. The summed E-state index contributed by atoms with van der Waals surface area (Å²) in [6, 6.07) is 4.29. The van der Waals surface area contributed by atoms with Crippen LogP contribution in [0, 0.1) is 6.92 Å². The first kappa shape index (κ1) is 11.8. The molecule has 0 bridgehead atoms. The lowest BCUT2D eigenvalue weighted by Crippen LogP contribution is -2.29. The molecule has 0 amide bonds. The molecule has 0 aliphatic heterocycles. The van der Waals surface area contributed by atoms with Crippen molar-refractivity contribution in [1.82, 2.24) is 9.78 Å². The van der Waals surface area contributed by atoms with Crippen LogP contribution in [0.1, 0.15) is 23.4 Å². The van der Waals surface area contributed by atoms with Crippen LogP contribution in [0.3, 0.4) is 0 Å². The highest BCUT2D eigenvalue weighted by molar-refractivity contribution is 9.11. The molecule has 0 fully saturated rings. The van der Waals surface area contributed by atoms with Gasteiger partial charge in [-0.05, 0) is 47.5 Å². The number of aromatic nitrogens is 2. The third-order valence-electron chi connectivity index (χ3n) is 2.40. The van der Waals surface area contributed by atoms with E-state index in [1.54, 1.807) is 11.3 Å². The number of rotatable bonds is 3. The first-order valence-electron chi connectivity index (χ1n) is 5.09. The van der Waals surface area contributed by atoms with Gasteiger partial charge in [-0.3, -0.25) is 4.68 Å². The Hall–Kier alpha value is -0.650. The zero-order chi connectivity index (χ0) is 11.7. The Morgan fingerprint density at radius 1 is 1.50 bits per heavy atom. The first-order chi connectivity index (χ1) is 7.58. The summed E-state index contributed by atoms with van der Waals surface area (Å²) < 4.78 is 3.06. The van der Waals surface area contributed by atoms with E-state index in [-0.39, 0.29) is 12.1 Å². The lowest BCUT2D eigenvalue weighted by Gasteiger charge is -2.19. The molecule has 2 N–H and O–H groups in total. The molecule has 0 aliphatic carbocycles. The molecule has 0 aromatic carbocycles. The summed E-state index contributed by atoms with van der Waals surface area (Å²) in [4.78, 5) is 1.23. The van der Waals surface area contributed by atoms with Gasteiger partial charge >= 0.3 is 0 Å². The topological polar surface area (TPSA) is 43.8 Å². The van der Waals surface area contributed by atoms with Crippen molar-refractivity contribution in [1.29, 1.82) is 0 Å². The summed E-state index contributed by atoms with van der Waals surface area (Å²) in [5.74, 6) is 0. The fourth-order valence-corrected chi connectivity index (χ4v) is 3.34. The van der Waals surface area contributed by atoms with Crippen LogP contribution >= 0.6 is 27.3 Å². The fraction of sp³-hybridized carbons (Fsp3) is 0.364. The van der Waals surface area contributed by atoms with E-state index >= 15 is 0 Å². The number of hydrogen-bond donors (Lipinski definition) is 1. The Morgan fingerprint density at radius 3 is 2.69 bits per heavy atom. The summed E-state index contributed by atoms with van der Waals surface area (Å²) >= 11 is 5.18. The van der Waals surface area contributed by atoms with E-state index < -0.39 is 0 Å². The standard InChI is InChI=1S/C11H14BrN3S/c1-7-5-14-15(6-7)11(8(2)13)9-3-4-10(12)16-9/h3-6,8,11H,13H2,1-2H3. The number of hydrogen-bond acceptors (Lipinski definition) is 3. The third-order valence-corrected chi connectivity index (χ3v) is 4.09. The minimum Gasteiger partial charge on any atom is -0.326 e. The van der Waals surface area contributed by atoms with Crippen LogP contribution in [-0.4, -0.2) is 15.8 Å². The molecule has 2 aromatic heterocycles. The number of nitrogens with zero attached hydrogens (tertiary/aromatic N) is 2. The van der Waals surface area contributed by atoms with Crippen LogP contribution in [0.25, 0.3) is 0 Å². The van der Waals surface area contributed by atoms with Crippen molar-refractivity contribution in [2.45, 2.75) is 25.9 Å². The van der Waals surface area contributed by atoms with Crippen molar-refractivity contribution in [3.8, 4) is 0 Å². The Kier molecular flexibility index (Phi) is 3.47. The summed E-state index contributed by atoms with van der Waals surface area (Å²) in [5.41, 5.74) is 7.20. The van der Waals surface area contributed by atoms with E-state index in [4.69, 9.17) is 5.73 Å². The van der Waals surface area contributed by atoms with Crippen LogP contribution in [0.4, 0.5) is 0 Å². The van der Waals surface area contributed by atoms with Crippen LogP contribution in [0.2, 0.25) is 0 Å². The maximum Gasteiger partial charge on any atom is 0.101 e. The largest absolute Gasteiger partial charge is 0.326 e. The molecule has 2 aromatic rings. The van der Waals surface area contributed by atoms with Gasteiger partial charge in [0.15, 0.2) is 0 Å². The van der Waals surface area contributed by atoms with Crippen molar-refractivity contribution in [3.05, 3.63) is 38.8 Å². The maximum absolute atomic E-state index is 6.05. The van der Waals surface area contributed by atoms with E-state index in [1.165, 1.54) is 4.88 Å². The molecule has 0 radical (unpaired) electrons. The minimum atomic E-state index is 0.0323. The van der Waals surface area contributed by atoms with Crippen LogP contribution in [0.15, 0.2) is 28.3 Å². The molecule has 2 atom stereocenters. The molecule has 2 heterocycles. The molecule has 86 valence electrons. The summed E-state index contributed by atoms with van der Waals surface area (Å²) in [5, 5.41) is 4.35. The van der Waals surface area contributed by atoms with Crippen LogP contribution in [0.5, 0.6) is 0 Å². The minimum absolute atomic E-state index is 0.0323. The number of thiophene rings is 1. The van der Waals surface area contributed by atoms with Crippen LogP contribution in [-0.2, 0) is 0 Å². The Morgan fingerprint density at radius 2 is 2.25 bits per heavy atom. The smallest absolute Gasteiger partial charge is 0.101 e. The zero-order valence-corrected chi connectivity index (χ0v) is 11.6. The highest BCUT2D eigenvalue weighted by atomic mass is 79.9. The number of halogens is 1. The van der Waals surface area contributed by atoms with Gasteiger partial charge in [-0.2, -0.15) is 5.10 Å². The van der Waals surface area contributed by atoms with Gasteiger partial charge in [-0.1, -0.05) is 0 Å². The van der Waals surface area contributed by atoms with Gasteiger partial charge in [0.25, 0.3) is 0 Å². The lowest BCUT2D eigenvalue weighted by molar-refractivity contribution is 0.460. The molecule has 0 aliphatic rings. The quantitative estimate of drug-likeness (QED) is 0.947. The van der Waals surface area contributed by atoms with Gasteiger partial charge in [-0.25, -0.2) is 0 Å². The zero-order valence-electron chi connectivity index (χ0n) is 9.22. The van der Waals surface area contributed by atoms with E-state index in [0.29, 0.717) is 0 Å². The molecule has 0 saturated heterocycles. The molecule has 0 saturated carbocycles. The molecule has 2 rings (SSSR count). The average molecular weight is 300 g/mol.